The summed E-state index contributed by atoms with van der Waals surface area (Å²) in [5.41, 5.74) is 4.20. The van der Waals surface area contributed by atoms with E-state index in [2.05, 4.69) is 5.48 Å². The maximum absolute atomic E-state index is 8.66. The predicted molar refractivity (Wildman–Crippen MR) is 60.8 cm³/mol. The molecule has 0 heterocycles. The van der Waals surface area contributed by atoms with Gasteiger partial charge in [0.05, 0.1) is 24.8 Å². The van der Waals surface area contributed by atoms with Gasteiger partial charge in [-0.1, -0.05) is 17.7 Å². The van der Waals surface area contributed by atoms with Crippen LogP contribution in [0, 0.1) is 11.3 Å². The average Bonchev–Trinajstić information content (AvgIpc) is 2.30. The molecule has 4 nitrogen and oxygen atoms in total. The zero-order valence-electron chi connectivity index (χ0n) is 9.00. The number of benzene rings is 1. The Morgan fingerprint density at radius 1 is 1.44 bits per heavy atom. The molecule has 0 bridgehead atoms. The summed E-state index contributed by atoms with van der Waals surface area (Å²) in [7, 11) is 1.61. The molecule has 0 amide bonds. The highest BCUT2D eigenvalue weighted by molar-refractivity contribution is 6.31. The molecule has 0 aromatic heterocycles. The molecular weight excluding hydrogens is 228 g/mol. The number of ether oxygens (including phenoxy) is 1. The molecule has 1 aromatic rings. The average molecular weight is 241 g/mol. The SMILES string of the molecule is COCCONCc1ccc(C#N)cc1Cl. The zero-order chi connectivity index (χ0) is 11.8. The van der Waals surface area contributed by atoms with Gasteiger partial charge in [-0.3, -0.25) is 4.84 Å². The predicted octanol–water partition coefficient (Wildman–Crippen LogP) is 1.88. The van der Waals surface area contributed by atoms with E-state index in [1.165, 1.54) is 0 Å². The summed E-state index contributed by atoms with van der Waals surface area (Å²) in [6.45, 7) is 1.51. The standard InChI is InChI=1S/C11H13ClN2O2/c1-15-4-5-16-14-8-10-3-2-9(7-13)6-11(10)12/h2-3,6,14H,4-5,8H2,1H3. The van der Waals surface area contributed by atoms with Crippen LogP contribution in [0.2, 0.25) is 5.02 Å². The van der Waals surface area contributed by atoms with Crippen molar-refractivity contribution < 1.29 is 9.57 Å². The Labute approximate surface area is 99.7 Å². The van der Waals surface area contributed by atoms with Crippen LogP contribution in [-0.2, 0) is 16.1 Å². The molecule has 0 unspecified atom stereocenters. The molecule has 1 aromatic carbocycles. The van der Waals surface area contributed by atoms with Gasteiger partial charge in [0.25, 0.3) is 0 Å². The summed E-state index contributed by atoms with van der Waals surface area (Å²) < 4.78 is 4.82. The molecule has 16 heavy (non-hydrogen) atoms. The minimum Gasteiger partial charge on any atom is -0.382 e. The summed E-state index contributed by atoms with van der Waals surface area (Å²) in [5, 5.41) is 9.22. The lowest BCUT2D eigenvalue weighted by Gasteiger charge is -2.07. The second kappa shape index (κ2) is 7.20. The van der Waals surface area contributed by atoms with Gasteiger partial charge in [0.2, 0.25) is 0 Å². The molecule has 0 fully saturated rings. The molecule has 0 atom stereocenters. The lowest BCUT2D eigenvalue weighted by Crippen LogP contribution is -2.17. The minimum absolute atomic E-state index is 0.477. The number of nitriles is 1. The summed E-state index contributed by atoms with van der Waals surface area (Å²) in [5.74, 6) is 0. The number of rotatable bonds is 6. The van der Waals surface area contributed by atoms with Crippen LogP contribution in [0.25, 0.3) is 0 Å². The van der Waals surface area contributed by atoms with Gasteiger partial charge >= 0.3 is 0 Å². The van der Waals surface area contributed by atoms with E-state index in [0.717, 1.165) is 5.56 Å². The Morgan fingerprint density at radius 3 is 2.88 bits per heavy atom. The summed E-state index contributed by atoms with van der Waals surface area (Å²) in [6, 6.07) is 7.18. The summed E-state index contributed by atoms with van der Waals surface area (Å²) in [6.07, 6.45) is 0. The zero-order valence-corrected chi connectivity index (χ0v) is 9.75. The van der Waals surface area contributed by atoms with Crippen LogP contribution < -0.4 is 5.48 Å². The van der Waals surface area contributed by atoms with E-state index in [1.807, 2.05) is 6.07 Å². The van der Waals surface area contributed by atoms with E-state index in [-0.39, 0.29) is 0 Å². The van der Waals surface area contributed by atoms with Crippen LogP contribution in [0.5, 0.6) is 0 Å². The molecule has 0 aliphatic heterocycles. The third kappa shape index (κ3) is 4.17. The van der Waals surface area contributed by atoms with Crippen molar-refractivity contribution in [1.29, 1.82) is 5.26 Å². The number of hydroxylamine groups is 1. The fourth-order valence-corrected chi connectivity index (χ4v) is 1.33. The number of nitrogens with one attached hydrogen (secondary N) is 1. The Bertz CT molecular complexity index is 377. The summed E-state index contributed by atoms with van der Waals surface area (Å²) in [4.78, 5) is 5.09. The maximum atomic E-state index is 8.66. The number of hydrogen-bond donors (Lipinski definition) is 1. The molecule has 0 aliphatic carbocycles. The van der Waals surface area contributed by atoms with Crippen molar-refractivity contribution >= 4 is 11.6 Å². The van der Waals surface area contributed by atoms with Crippen LogP contribution in [0.15, 0.2) is 18.2 Å². The molecule has 0 saturated carbocycles. The van der Waals surface area contributed by atoms with Crippen LogP contribution in [0.4, 0.5) is 0 Å². The molecule has 0 radical (unpaired) electrons. The van der Waals surface area contributed by atoms with Gasteiger partial charge in [-0.15, -0.1) is 0 Å². The van der Waals surface area contributed by atoms with Crippen molar-refractivity contribution in [1.82, 2.24) is 5.48 Å². The first-order chi connectivity index (χ1) is 7.77. The smallest absolute Gasteiger partial charge is 0.0992 e. The second-order valence-electron chi connectivity index (χ2n) is 3.08. The normalized spacial score (nSPS) is 10.1. The van der Waals surface area contributed by atoms with Crippen molar-refractivity contribution in [3.8, 4) is 6.07 Å². The Hall–Kier alpha value is -1.12. The highest BCUT2D eigenvalue weighted by atomic mass is 35.5. The summed E-state index contributed by atoms with van der Waals surface area (Å²) >= 11 is 5.98. The fourth-order valence-electron chi connectivity index (χ4n) is 1.09. The first-order valence-corrected chi connectivity index (χ1v) is 5.18. The van der Waals surface area contributed by atoms with Crippen molar-refractivity contribution in [2.45, 2.75) is 6.54 Å². The van der Waals surface area contributed by atoms with Crippen molar-refractivity contribution in [3.63, 3.8) is 0 Å². The minimum atomic E-state index is 0.477. The van der Waals surface area contributed by atoms with E-state index in [1.54, 1.807) is 25.3 Å². The van der Waals surface area contributed by atoms with Crippen LogP contribution in [-0.4, -0.2) is 20.3 Å². The van der Waals surface area contributed by atoms with Crippen molar-refractivity contribution in [2.75, 3.05) is 20.3 Å². The van der Waals surface area contributed by atoms with E-state index >= 15 is 0 Å². The van der Waals surface area contributed by atoms with Gasteiger partial charge in [0.15, 0.2) is 0 Å². The molecule has 0 saturated heterocycles. The Balaban J connectivity index is 2.40. The highest BCUT2D eigenvalue weighted by Crippen LogP contribution is 2.17. The van der Waals surface area contributed by atoms with E-state index in [9.17, 15) is 0 Å². The van der Waals surface area contributed by atoms with Gasteiger partial charge in [-0.05, 0) is 17.7 Å². The number of hydrogen-bond acceptors (Lipinski definition) is 4. The van der Waals surface area contributed by atoms with E-state index in [4.69, 9.17) is 26.4 Å². The number of nitrogens with zero attached hydrogens (tertiary/aromatic N) is 1. The topological polar surface area (TPSA) is 54.3 Å². The quantitative estimate of drug-likeness (QED) is 0.609. The lowest BCUT2D eigenvalue weighted by atomic mass is 10.1. The Morgan fingerprint density at radius 2 is 2.25 bits per heavy atom. The first-order valence-electron chi connectivity index (χ1n) is 4.80. The fraction of sp³-hybridized carbons (Fsp3) is 0.364. The molecule has 5 heteroatoms. The van der Waals surface area contributed by atoms with E-state index < -0.39 is 0 Å². The first kappa shape index (κ1) is 12.9. The van der Waals surface area contributed by atoms with E-state index in [0.29, 0.717) is 30.3 Å². The molecule has 86 valence electrons. The second-order valence-corrected chi connectivity index (χ2v) is 3.49. The van der Waals surface area contributed by atoms with Gasteiger partial charge in [0, 0.05) is 18.7 Å². The number of halogens is 1. The van der Waals surface area contributed by atoms with Crippen LogP contribution >= 0.6 is 11.6 Å². The van der Waals surface area contributed by atoms with Gasteiger partial charge in [0.1, 0.15) is 0 Å². The third-order valence-corrected chi connectivity index (χ3v) is 2.29. The third-order valence-electron chi connectivity index (χ3n) is 1.94. The molecule has 0 spiro atoms. The van der Waals surface area contributed by atoms with Gasteiger partial charge < -0.3 is 4.74 Å². The molecule has 1 rings (SSSR count). The van der Waals surface area contributed by atoms with Crippen molar-refractivity contribution in [3.05, 3.63) is 34.3 Å². The largest absolute Gasteiger partial charge is 0.382 e. The molecule has 0 aliphatic rings. The Kier molecular flexibility index (Phi) is 5.83. The van der Waals surface area contributed by atoms with Gasteiger partial charge in [-0.25, -0.2) is 0 Å². The molecule has 1 N–H and O–H groups in total. The lowest BCUT2D eigenvalue weighted by molar-refractivity contribution is 0.00347. The monoisotopic (exact) mass is 240 g/mol. The van der Waals surface area contributed by atoms with Gasteiger partial charge in [-0.2, -0.15) is 10.7 Å². The molecular formula is C11H13ClN2O2. The highest BCUT2D eigenvalue weighted by Gasteiger charge is 2.01. The van der Waals surface area contributed by atoms with Crippen molar-refractivity contribution in [2.24, 2.45) is 0 Å². The van der Waals surface area contributed by atoms with Crippen LogP contribution in [0.1, 0.15) is 11.1 Å². The van der Waals surface area contributed by atoms with Crippen LogP contribution in [0.3, 0.4) is 0 Å². The maximum Gasteiger partial charge on any atom is 0.0992 e. The number of methoxy groups -OCH3 is 1.